The van der Waals surface area contributed by atoms with Gasteiger partial charge in [0.1, 0.15) is 5.75 Å². The van der Waals surface area contributed by atoms with Crippen LogP contribution in [0, 0.1) is 13.8 Å². The summed E-state index contributed by atoms with van der Waals surface area (Å²) in [4.78, 5) is 12.9. The second kappa shape index (κ2) is 8.65. The molecular weight excluding hydrogens is 376 g/mol. The molecule has 7 heteroatoms. The summed E-state index contributed by atoms with van der Waals surface area (Å²) >= 11 is 0. The van der Waals surface area contributed by atoms with Crippen LogP contribution in [0.1, 0.15) is 46.4 Å². The first-order valence-corrected chi connectivity index (χ1v) is 10.9. The molecule has 2 aromatic rings. The first-order valence-electron chi connectivity index (χ1n) is 9.09. The summed E-state index contributed by atoms with van der Waals surface area (Å²) in [5.74, 6) is 0.568. The fraction of sp³-hybridized carbons (Fsp3) is 0.381. The number of benzene rings is 2. The van der Waals surface area contributed by atoms with Crippen molar-refractivity contribution in [2.75, 3.05) is 24.7 Å². The van der Waals surface area contributed by atoms with E-state index in [2.05, 4.69) is 5.32 Å². The Morgan fingerprint density at radius 2 is 1.89 bits per heavy atom. The molecule has 0 aliphatic rings. The summed E-state index contributed by atoms with van der Waals surface area (Å²) in [6.45, 7) is 5.72. The molecule has 0 saturated carbocycles. The van der Waals surface area contributed by atoms with Gasteiger partial charge in [0, 0.05) is 12.6 Å². The van der Waals surface area contributed by atoms with Crippen molar-refractivity contribution in [3.8, 4) is 5.75 Å². The second-order valence-electron chi connectivity index (χ2n) is 6.84. The highest BCUT2D eigenvalue weighted by atomic mass is 32.2. The molecule has 0 spiro atoms. The number of carbonyl (C=O) groups excluding carboxylic acids is 1. The number of methoxy groups -OCH3 is 1. The number of hydrogen-bond acceptors (Lipinski definition) is 4. The van der Waals surface area contributed by atoms with Crippen molar-refractivity contribution < 1.29 is 17.9 Å². The van der Waals surface area contributed by atoms with E-state index in [-0.39, 0.29) is 11.9 Å². The highest BCUT2D eigenvalue weighted by Gasteiger charge is 2.20. The van der Waals surface area contributed by atoms with Crippen molar-refractivity contribution >= 4 is 21.6 Å². The molecule has 0 heterocycles. The lowest BCUT2D eigenvalue weighted by molar-refractivity contribution is 0.0935. The second-order valence-corrected chi connectivity index (χ2v) is 8.86. The summed E-state index contributed by atoms with van der Waals surface area (Å²) < 4.78 is 30.2. The van der Waals surface area contributed by atoms with Crippen molar-refractivity contribution in [2.45, 2.75) is 33.2 Å². The third-order valence-electron chi connectivity index (χ3n) is 4.92. The normalized spacial score (nSPS) is 12.4. The number of carbonyl (C=O) groups is 1. The van der Waals surface area contributed by atoms with Gasteiger partial charge in [0.05, 0.1) is 25.1 Å². The van der Waals surface area contributed by atoms with E-state index >= 15 is 0 Å². The summed E-state index contributed by atoms with van der Waals surface area (Å²) in [5.41, 5.74) is 3.56. The van der Waals surface area contributed by atoms with Crippen molar-refractivity contribution in [3.05, 3.63) is 58.7 Å². The molecule has 0 radical (unpaired) electrons. The zero-order valence-electron chi connectivity index (χ0n) is 17.2. The minimum absolute atomic E-state index is 0.159. The lowest BCUT2D eigenvalue weighted by Crippen LogP contribution is -2.30. The molecule has 1 atom stereocenters. The van der Waals surface area contributed by atoms with Crippen LogP contribution in [-0.4, -0.2) is 34.7 Å². The Hall–Kier alpha value is -2.54. The third kappa shape index (κ3) is 4.65. The molecule has 28 heavy (non-hydrogen) atoms. The molecule has 6 nitrogen and oxygen atoms in total. The van der Waals surface area contributed by atoms with Crippen molar-refractivity contribution in [1.82, 2.24) is 5.32 Å². The molecule has 0 aromatic heterocycles. The minimum atomic E-state index is -3.41. The highest BCUT2D eigenvalue weighted by Crippen LogP contribution is 2.27. The van der Waals surface area contributed by atoms with Gasteiger partial charge < -0.3 is 10.1 Å². The van der Waals surface area contributed by atoms with Gasteiger partial charge in [-0.2, -0.15) is 0 Å². The minimum Gasteiger partial charge on any atom is -0.496 e. The molecule has 0 aliphatic heterocycles. The van der Waals surface area contributed by atoms with Gasteiger partial charge >= 0.3 is 0 Å². The van der Waals surface area contributed by atoms with Crippen LogP contribution in [0.25, 0.3) is 0 Å². The molecule has 0 saturated heterocycles. The van der Waals surface area contributed by atoms with Crippen molar-refractivity contribution in [1.29, 1.82) is 0 Å². The van der Waals surface area contributed by atoms with Crippen LogP contribution in [0.4, 0.5) is 5.69 Å². The van der Waals surface area contributed by atoms with Gasteiger partial charge in [0.2, 0.25) is 10.0 Å². The van der Waals surface area contributed by atoms with Crippen LogP contribution >= 0.6 is 0 Å². The number of anilines is 1. The SMILES string of the molecule is CC[C@H](NC(=O)c1cccc(N(C)S(C)(=O)=O)c1C)c1ccc(OC)c(C)c1. The van der Waals surface area contributed by atoms with E-state index in [0.717, 1.165) is 29.6 Å². The number of aryl methyl sites for hydroxylation is 1. The monoisotopic (exact) mass is 404 g/mol. The van der Waals surface area contributed by atoms with E-state index in [4.69, 9.17) is 4.74 Å². The van der Waals surface area contributed by atoms with E-state index in [0.29, 0.717) is 16.8 Å². The number of hydrogen-bond donors (Lipinski definition) is 1. The average molecular weight is 405 g/mol. The molecular formula is C21H28N2O4S. The van der Waals surface area contributed by atoms with Crippen molar-refractivity contribution in [2.24, 2.45) is 0 Å². The zero-order chi connectivity index (χ0) is 21.1. The summed E-state index contributed by atoms with van der Waals surface area (Å²) in [6.07, 6.45) is 1.86. The molecule has 2 aromatic carbocycles. The average Bonchev–Trinajstić information content (AvgIpc) is 2.64. The number of nitrogens with one attached hydrogen (secondary N) is 1. The van der Waals surface area contributed by atoms with Gasteiger partial charge in [-0.25, -0.2) is 8.42 Å². The molecule has 0 fully saturated rings. The maximum absolute atomic E-state index is 12.9. The predicted octanol–water partition coefficient (Wildman–Crippen LogP) is 3.59. The molecule has 0 aliphatic carbocycles. The number of nitrogens with zero attached hydrogens (tertiary/aromatic N) is 1. The number of rotatable bonds is 7. The van der Waals surface area contributed by atoms with Crippen molar-refractivity contribution in [3.63, 3.8) is 0 Å². The van der Waals surface area contributed by atoms with E-state index in [1.165, 1.54) is 11.4 Å². The maximum atomic E-state index is 12.9. The van der Waals surface area contributed by atoms with Gasteiger partial charge in [-0.05, 0) is 55.2 Å². The Balaban J connectivity index is 2.32. The van der Waals surface area contributed by atoms with Crippen LogP contribution in [0.2, 0.25) is 0 Å². The lowest BCUT2D eigenvalue weighted by Gasteiger charge is -2.22. The Labute approximate surface area is 167 Å². The van der Waals surface area contributed by atoms with Gasteiger partial charge in [-0.3, -0.25) is 9.10 Å². The van der Waals surface area contributed by atoms with Crippen LogP contribution in [-0.2, 0) is 10.0 Å². The first kappa shape index (κ1) is 21.8. The van der Waals surface area contributed by atoms with E-state index in [9.17, 15) is 13.2 Å². The third-order valence-corrected chi connectivity index (χ3v) is 6.11. The Bertz CT molecular complexity index is 970. The Kier molecular flexibility index (Phi) is 6.72. The molecule has 1 N–H and O–H groups in total. The molecule has 2 rings (SSSR count). The molecule has 1 amide bonds. The van der Waals surface area contributed by atoms with Gasteiger partial charge in [-0.1, -0.05) is 25.1 Å². The highest BCUT2D eigenvalue weighted by molar-refractivity contribution is 7.92. The summed E-state index contributed by atoms with van der Waals surface area (Å²) in [5, 5.41) is 3.06. The van der Waals surface area contributed by atoms with E-state index in [1.54, 1.807) is 32.2 Å². The lowest BCUT2D eigenvalue weighted by atomic mass is 10.00. The fourth-order valence-corrected chi connectivity index (χ4v) is 3.72. The van der Waals surface area contributed by atoms with E-state index in [1.807, 2.05) is 32.0 Å². The van der Waals surface area contributed by atoms with E-state index < -0.39 is 10.0 Å². The topological polar surface area (TPSA) is 75.7 Å². The Morgan fingerprint density at radius 1 is 1.21 bits per heavy atom. The number of ether oxygens (including phenoxy) is 1. The number of amides is 1. The summed E-state index contributed by atoms with van der Waals surface area (Å²) in [6, 6.07) is 10.8. The smallest absolute Gasteiger partial charge is 0.252 e. The zero-order valence-corrected chi connectivity index (χ0v) is 18.1. The summed E-state index contributed by atoms with van der Waals surface area (Å²) in [7, 11) is -0.303. The fourth-order valence-electron chi connectivity index (χ4n) is 3.16. The van der Waals surface area contributed by atoms with Crippen LogP contribution in [0.5, 0.6) is 5.75 Å². The quantitative estimate of drug-likeness (QED) is 0.765. The number of sulfonamides is 1. The van der Waals surface area contributed by atoms with Gasteiger partial charge in [0.15, 0.2) is 0 Å². The maximum Gasteiger partial charge on any atom is 0.252 e. The molecule has 152 valence electrons. The Morgan fingerprint density at radius 3 is 2.43 bits per heavy atom. The van der Waals surface area contributed by atoms with Crippen LogP contribution in [0.3, 0.4) is 0 Å². The largest absolute Gasteiger partial charge is 0.496 e. The van der Waals surface area contributed by atoms with Gasteiger partial charge in [-0.15, -0.1) is 0 Å². The predicted molar refractivity (Wildman–Crippen MR) is 113 cm³/mol. The first-order chi connectivity index (χ1) is 13.1. The van der Waals surface area contributed by atoms with Crippen LogP contribution in [0.15, 0.2) is 36.4 Å². The van der Waals surface area contributed by atoms with Crippen LogP contribution < -0.4 is 14.4 Å². The molecule has 0 unspecified atom stereocenters. The molecule has 0 bridgehead atoms. The standard InChI is InChI=1S/C21H28N2O4S/c1-7-18(16-11-12-20(27-5)14(2)13-16)22-21(24)17-9-8-10-19(15(17)3)23(4)28(6,25)26/h8-13,18H,7H2,1-6H3,(H,22,24)/t18-/m0/s1. The van der Waals surface area contributed by atoms with Gasteiger partial charge in [0.25, 0.3) is 5.91 Å².